The predicted molar refractivity (Wildman–Crippen MR) is 61.0 cm³/mol. The number of carbonyl (C=O) groups is 1. The molecule has 0 radical (unpaired) electrons. The summed E-state index contributed by atoms with van der Waals surface area (Å²) < 4.78 is 10.4. The number of nitrogens with two attached hydrogens (primary N) is 1. The second-order valence-corrected chi connectivity index (χ2v) is 4.43. The molecule has 3 N–H and O–H groups in total. The summed E-state index contributed by atoms with van der Waals surface area (Å²) in [4.78, 5) is 11.4. The Bertz CT molecular complexity index is 217. The summed E-state index contributed by atoms with van der Waals surface area (Å²) in [6.07, 6.45) is 2.19. The van der Waals surface area contributed by atoms with Gasteiger partial charge in [-0.15, -0.1) is 0 Å². The van der Waals surface area contributed by atoms with Crippen LogP contribution in [0.5, 0.6) is 0 Å². The van der Waals surface area contributed by atoms with Gasteiger partial charge >= 0.3 is 0 Å². The molecular formula is C11H22N2O3. The van der Waals surface area contributed by atoms with E-state index in [-0.39, 0.29) is 24.7 Å². The topological polar surface area (TPSA) is 73.6 Å². The largest absolute Gasteiger partial charge is 0.383 e. The van der Waals surface area contributed by atoms with Crippen LogP contribution in [-0.4, -0.2) is 44.9 Å². The number of hydrogen-bond donors (Lipinski definition) is 2. The number of methoxy groups -OCH3 is 1. The number of ether oxygens (including phenoxy) is 2. The van der Waals surface area contributed by atoms with E-state index < -0.39 is 0 Å². The zero-order valence-electron chi connectivity index (χ0n) is 10.1. The third-order valence-corrected chi connectivity index (χ3v) is 2.80. The molecule has 0 aromatic rings. The third kappa shape index (κ3) is 4.47. The lowest BCUT2D eigenvalue weighted by atomic mass is 9.82. The second-order valence-electron chi connectivity index (χ2n) is 4.43. The summed E-state index contributed by atoms with van der Waals surface area (Å²) in [7, 11) is 1.61. The van der Waals surface area contributed by atoms with E-state index >= 15 is 0 Å². The average Bonchev–Trinajstić information content (AvgIpc) is 2.15. The quantitative estimate of drug-likeness (QED) is 0.640. The van der Waals surface area contributed by atoms with Gasteiger partial charge < -0.3 is 20.5 Å². The Balaban J connectivity index is 2.03. The van der Waals surface area contributed by atoms with E-state index in [9.17, 15) is 4.79 Å². The molecule has 5 heteroatoms. The van der Waals surface area contributed by atoms with Crippen molar-refractivity contribution in [2.24, 2.45) is 11.7 Å². The minimum atomic E-state index is -0.0826. The van der Waals surface area contributed by atoms with Gasteiger partial charge in [-0.05, 0) is 32.2 Å². The molecule has 5 nitrogen and oxygen atoms in total. The van der Waals surface area contributed by atoms with Crippen LogP contribution < -0.4 is 11.1 Å². The van der Waals surface area contributed by atoms with Gasteiger partial charge in [0.15, 0.2) is 0 Å². The first-order valence-corrected chi connectivity index (χ1v) is 5.75. The highest BCUT2D eigenvalue weighted by Gasteiger charge is 2.28. The Morgan fingerprint density at radius 2 is 2.25 bits per heavy atom. The van der Waals surface area contributed by atoms with Crippen LogP contribution in [0.15, 0.2) is 0 Å². The zero-order valence-corrected chi connectivity index (χ0v) is 10.1. The van der Waals surface area contributed by atoms with Gasteiger partial charge in [0.2, 0.25) is 5.91 Å². The maximum Gasteiger partial charge on any atom is 0.246 e. The van der Waals surface area contributed by atoms with Crippen molar-refractivity contribution >= 4 is 5.91 Å². The Morgan fingerprint density at radius 1 is 1.56 bits per heavy atom. The molecular weight excluding hydrogens is 208 g/mol. The molecule has 1 atom stereocenters. The number of nitrogens with one attached hydrogen (secondary N) is 1. The zero-order chi connectivity index (χ0) is 12.0. The number of rotatable bonds is 7. The molecule has 0 aliphatic heterocycles. The van der Waals surface area contributed by atoms with E-state index in [1.165, 1.54) is 0 Å². The minimum absolute atomic E-state index is 0.0271. The normalized spacial score (nSPS) is 25.9. The molecule has 1 rings (SSSR count). The predicted octanol–water partition coefficient (Wildman–Crippen LogP) is -0.109. The first-order valence-electron chi connectivity index (χ1n) is 5.75. The molecule has 1 fully saturated rings. The Kier molecular flexibility index (Phi) is 5.73. The molecule has 0 aromatic heterocycles. The maximum atomic E-state index is 11.4. The van der Waals surface area contributed by atoms with Crippen molar-refractivity contribution in [1.82, 2.24) is 5.32 Å². The van der Waals surface area contributed by atoms with Crippen LogP contribution >= 0.6 is 0 Å². The third-order valence-electron chi connectivity index (χ3n) is 2.80. The summed E-state index contributed by atoms with van der Waals surface area (Å²) in [5.74, 6) is 0.501. The lowest BCUT2D eigenvalue weighted by Crippen LogP contribution is -2.41. The van der Waals surface area contributed by atoms with Gasteiger partial charge in [0.1, 0.15) is 6.61 Å². The average molecular weight is 230 g/mol. The molecule has 0 aromatic carbocycles. The lowest BCUT2D eigenvalue weighted by molar-refractivity contribution is -0.131. The Hall–Kier alpha value is -0.650. The molecule has 16 heavy (non-hydrogen) atoms. The van der Waals surface area contributed by atoms with E-state index in [4.69, 9.17) is 15.2 Å². The van der Waals surface area contributed by atoms with Crippen LogP contribution in [0.25, 0.3) is 0 Å². The molecule has 1 aliphatic carbocycles. The van der Waals surface area contributed by atoms with Crippen molar-refractivity contribution in [3.63, 3.8) is 0 Å². The smallest absolute Gasteiger partial charge is 0.246 e. The highest BCUT2D eigenvalue weighted by atomic mass is 16.5. The van der Waals surface area contributed by atoms with E-state index in [2.05, 4.69) is 5.32 Å². The summed E-state index contributed by atoms with van der Waals surface area (Å²) in [5, 5.41) is 2.80. The first-order chi connectivity index (χ1) is 7.65. The molecule has 0 saturated heterocycles. The van der Waals surface area contributed by atoms with Gasteiger partial charge in [-0.25, -0.2) is 0 Å². The fourth-order valence-corrected chi connectivity index (χ4v) is 1.80. The monoisotopic (exact) mass is 230 g/mol. The summed E-state index contributed by atoms with van der Waals surface area (Å²) in [6, 6.07) is 0.0271. The highest BCUT2D eigenvalue weighted by Crippen LogP contribution is 2.28. The van der Waals surface area contributed by atoms with Crippen molar-refractivity contribution in [2.45, 2.75) is 31.9 Å². The van der Waals surface area contributed by atoms with Gasteiger partial charge in [-0.1, -0.05) is 0 Å². The van der Waals surface area contributed by atoms with Gasteiger partial charge in [0.25, 0.3) is 0 Å². The SMILES string of the molecule is COCC(C)NC(=O)COC1CC(CN)C1. The van der Waals surface area contributed by atoms with Crippen molar-refractivity contribution in [3.05, 3.63) is 0 Å². The number of hydrogen-bond acceptors (Lipinski definition) is 4. The Morgan fingerprint density at radius 3 is 2.81 bits per heavy atom. The molecule has 1 amide bonds. The summed E-state index contributed by atoms with van der Waals surface area (Å²) >= 11 is 0. The van der Waals surface area contributed by atoms with Crippen LogP contribution in [-0.2, 0) is 14.3 Å². The van der Waals surface area contributed by atoms with Crippen LogP contribution in [0.2, 0.25) is 0 Å². The molecule has 0 spiro atoms. The first kappa shape index (κ1) is 13.4. The van der Waals surface area contributed by atoms with E-state index in [1.807, 2.05) is 6.92 Å². The van der Waals surface area contributed by atoms with Gasteiger partial charge in [0, 0.05) is 13.2 Å². The highest BCUT2D eigenvalue weighted by molar-refractivity contribution is 5.77. The van der Waals surface area contributed by atoms with Crippen molar-refractivity contribution in [2.75, 3.05) is 26.9 Å². The summed E-state index contributed by atoms with van der Waals surface area (Å²) in [6.45, 7) is 3.27. The maximum absolute atomic E-state index is 11.4. The van der Waals surface area contributed by atoms with Gasteiger partial charge in [0.05, 0.1) is 12.7 Å². The van der Waals surface area contributed by atoms with E-state index in [0.717, 1.165) is 19.4 Å². The molecule has 1 aliphatic rings. The Labute approximate surface area is 96.7 Å². The second kappa shape index (κ2) is 6.83. The number of carbonyl (C=O) groups excluding carboxylic acids is 1. The van der Waals surface area contributed by atoms with E-state index in [0.29, 0.717) is 12.5 Å². The number of amides is 1. The van der Waals surface area contributed by atoms with Crippen LogP contribution in [0.3, 0.4) is 0 Å². The molecule has 0 heterocycles. The van der Waals surface area contributed by atoms with E-state index in [1.54, 1.807) is 7.11 Å². The van der Waals surface area contributed by atoms with Gasteiger partial charge in [-0.2, -0.15) is 0 Å². The van der Waals surface area contributed by atoms with Crippen molar-refractivity contribution < 1.29 is 14.3 Å². The molecule has 1 saturated carbocycles. The van der Waals surface area contributed by atoms with Crippen molar-refractivity contribution in [1.29, 1.82) is 0 Å². The molecule has 0 bridgehead atoms. The van der Waals surface area contributed by atoms with Gasteiger partial charge in [-0.3, -0.25) is 4.79 Å². The summed E-state index contributed by atoms with van der Waals surface area (Å²) in [5.41, 5.74) is 5.50. The van der Waals surface area contributed by atoms with Crippen LogP contribution in [0, 0.1) is 5.92 Å². The van der Waals surface area contributed by atoms with Crippen LogP contribution in [0.4, 0.5) is 0 Å². The fraction of sp³-hybridized carbons (Fsp3) is 0.909. The molecule has 1 unspecified atom stereocenters. The minimum Gasteiger partial charge on any atom is -0.383 e. The molecule has 94 valence electrons. The fourth-order valence-electron chi connectivity index (χ4n) is 1.80. The standard InChI is InChI=1S/C11H22N2O3/c1-8(6-15-2)13-11(14)7-16-10-3-9(4-10)5-12/h8-10H,3-7,12H2,1-2H3,(H,13,14). The lowest BCUT2D eigenvalue weighted by Gasteiger charge is -2.34. The van der Waals surface area contributed by atoms with Crippen molar-refractivity contribution in [3.8, 4) is 0 Å². The van der Waals surface area contributed by atoms with Crippen LogP contribution in [0.1, 0.15) is 19.8 Å².